The standard InChI is InChI=1S/C33H32O9/c1-5-7-9-20-14-25-29(16-27(20)39-18(3)34)41-30-17-28(40-19(4)35)21(10-8-6-2)15-26(30)33(25)24-12-11-22(31(36)37)13-23(24)32(38)42-33/h11-17H,5-10H2,1-4H3,(H,36,37). The number of unbranched alkanes of at least 4 members (excludes halogenated alkanes) is 2. The average Bonchev–Trinajstić information content (AvgIpc) is 3.22. The van der Waals surface area contributed by atoms with Crippen molar-refractivity contribution in [3.63, 3.8) is 0 Å². The number of esters is 3. The maximum Gasteiger partial charge on any atom is 0.340 e. The zero-order valence-corrected chi connectivity index (χ0v) is 24.0. The largest absolute Gasteiger partial charge is 0.478 e. The molecule has 2 aliphatic rings. The molecule has 218 valence electrons. The Morgan fingerprint density at radius 2 is 1.31 bits per heavy atom. The summed E-state index contributed by atoms with van der Waals surface area (Å²) >= 11 is 0. The molecule has 0 saturated carbocycles. The molecule has 9 heteroatoms. The number of aryl methyl sites for hydroxylation is 2. The number of carbonyl (C=O) groups excluding carboxylic acids is 3. The van der Waals surface area contributed by atoms with E-state index in [0.29, 0.717) is 41.0 Å². The zero-order valence-electron chi connectivity index (χ0n) is 24.0. The van der Waals surface area contributed by atoms with E-state index in [0.717, 1.165) is 36.8 Å². The second-order valence-electron chi connectivity index (χ2n) is 10.5. The quantitative estimate of drug-likeness (QED) is 0.226. The van der Waals surface area contributed by atoms with Gasteiger partial charge in [0.2, 0.25) is 0 Å². The summed E-state index contributed by atoms with van der Waals surface area (Å²) in [7, 11) is 0. The van der Waals surface area contributed by atoms with E-state index in [2.05, 4.69) is 13.8 Å². The predicted molar refractivity (Wildman–Crippen MR) is 151 cm³/mol. The van der Waals surface area contributed by atoms with Crippen molar-refractivity contribution in [2.45, 2.75) is 71.8 Å². The Kier molecular flexibility index (Phi) is 7.77. The van der Waals surface area contributed by atoms with Gasteiger partial charge in [-0.3, -0.25) is 9.59 Å². The number of carbonyl (C=O) groups is 4. The van der Waals surface area contributed by atoms with E-state index < -0.39 is 29.5 Å². The molecule has 0 radical (unpaired) electrons. The Hall–Kier alpha value is -4.66. The third kappa shape index (κ3) is 5.00. The summed E-state index contributed by atoms with van der Waals surface area (Å²) in [5.74, 6) is -1.58. The molecular weight excluding hydrogens is 540 g/mol. The van der Waals surface area contributed by atoms with Crippen molar-refractivity contribution in [3.8, 4) is 23.0 Å². The maximum absolute atomic E-state index is 13.5. The fourth-order valence-corrected chi connectivity index (χ4v) is 5.62. The molecule has 2 heterocycles. The fourth-order valence-electron chi connectivity index (χ4n) is 5.62. The fraction of sp³-hybridized carbons (Fsp3) is 0.333. The number of fused-ring (bicyclic) bond motifs is 6. The van der Waals surface area contributed by atoms with Gasteiger partial charge >= 0.3 is 23.9 Å². The summed E-state index contributed by atoms with van der Waals surface area (Å²) in [6.45, 7) is 6.74. The molecule has 0 saturated heterocycles. The number of carboxylic acids is 1. The van der Waals surface area contributed by atoms with Crippen molar-refractivity contribution in [2.24, 2.45) is 0 Å². The van der Waals surface area contributed by atoms with Crippen LogP contribution in [0.3, 0.4) is 0 Å². The molecule has 5 rings (SSSR count). The minimum absolute atomic E-state index is 0.0436. The minimum Gasteiger partial charge on any atom is -0.478 e. The van der Waals surface area contributed by atoms with Crippen molar-refractivity contribution in [1.29, 1.82) is 0 Å². The second-order valence-corrected chi connectivity index (χ2v) is 10.5. The van der Waals surface area contributed by atoms with Gasteiger partial charge in [0.15, 0.2) is 5.60 Å². The highest BCUT2D eigenvalue weighted by molar-refractivity contribution is 6.00. The molecular formula is C33H32O9. The molecule has 0 fully saturated rings. The molecule has 3 aromatic rings. The van der Waals surface area contributed by atoms with Gasteiger partial charge in [-0.05, 0) is 61.1 Å². The SMILES string of the molecule is CCCCc1cc2c(cc1OC(C)=O)Oc1cc(OC(C)=O)c(CCCC)cc1C21OC(=O)c2cc(C(=O)O)ccc21. The highest BCUT2D eigenvalue weighted by Gasteiger charge is 2.54. The van der Waals surface area contributed by atoms with Crippen molar-refractivity contribution in [1.82, 2.24) is 0 Å². The smallest absolute Gasteiger partial charge is 0.340 e. The van der Waals surface area contributed by atoms with Gasteiger partial charge in [0.05, 0.1) is 11.1 Å². The molecule has 1 spiro atoms. The topological polar surface area (TPSA) is 125 Å². The number of benzene rings is 3. The van der Waals surface area contributed by atoms with Crippen LogP contribution in [0.4, 0.5) is 0 Å². The lowest BCUT2D eigenvalue weighted by atomic mass is 9.76. The van der Waals surface area contributed by atoms with E-state index in [9.17, 15) is 24.3 Å². The molecule has 0 unspecified atom stereocenters. The van der Waals surface area contributed by atoms with Crippen LogP contribution in [0.5, 0.6) is 23.0 Å². The number of hydrogen-bond acceptors (Lipinski definition) is 8. The Morgan fingerprint density at radius 3 is 1.76 bits per heavy atom. The van der Waals surface area contributed by atoms with Crippen LogP contribution in [-0.4, -0.2) is 29.0 Å². The monoisotopic (exact) mass is 572 g/mol. The van der Waals surface area contributed by atoms with Gasteiger partial charge in [-0.1, -0.05) is 32.8 Å². The van der Waals surface area contributed by atoms with Gasteiger partial charge in [0.25, 0.3) is 0 Å². The lowest BCUT2D eigenvalue weighted by Gasteiger charge is -2.37. The van der Waals surface area contributed by atoms with Crippen LogP contribution in [0.15, 0.2) is 42.5 Å². The number of rotatable bonds is 9. The highest BCUT2D eigenvalue weighted by Crippen LogP contribution is 2.58. The van der Waals surface area contributed by atoms with Crippen LogP contribution < -0.4 is 14.2 Å². The van der Waals surface area contributed by atoms with E-state index >= 15 is 0 Å². The zero-order chi connectivity index (χ0) is 30.2. The average molecular weight is 573 g/mol. The molecule has 0 bridgehead atoms. The first-order valence-corrected chi connectivity index (χ1v) is 14.1. The third-order valence-corrected chi connectivity index (χ3v) is 7.52. The lowest BCUT2D eigenvalue weighted by Crippen LogP contribution is -2.33. The van der Waals surface area contributed by atoms with Gasteiger partial charge in [0, 0.05) is 42.7 Å². The first-order valence-electron chi connectivity index (χ1n) is 14.1. The molecule has 0 aromatic heterocycles. The first-order chi connectivity index (χ1) is 20.1. The Balaban J connectivity index is 1.83. The van der Waals surface area contributed by atoms with Gasteiger partial charge in [-0.2, -0.15) is 0 Å². The molecule has 0 aliphatic carbocycles. The van der Waals surface area contributed by atoms with Crippen LogP contribution >= 0.6 is 0 Å². The number of aromatic carboxylic acids is 1. The predicted octanol–water partition coefficient (Wildman–Crippen LogP) is 6.49. The maximum atomic E-state index is 13.5. The van der Waals surface area contributed by atoms with Crippen molar-refractivity contribution < 1.29 is 43.2 Å². The Morgan fingerprint density at radius 1 is 0.786 bits per heavy atom. The minimum atomic E-state index is -1.49. The van der Waals surface area contributed by atoms with Crippen LogP contribution in [-0.2, 0) is 32.8 Å². The van der Waals surface area contributed by atoms with Gasteiger partial charge < -0.3 is 24.1 Å². The number of carboxylic acid groups (broad SMARTS) is 1. The van der Waals surface area contributed by atoms with Crippen LogP contribution in [0.2, 0.25) is 0 Å². The summed E-state index contributed by atoms with van der Waals surface area (Å²) in [6.07, 6.45) is 4.64. The number of ether oxygens (including phenoxy) is 4. The summed E-state index contributed by atoms with van der Waals surface area (Å²) in [4.78, 5) is 49.2. The Bertz CT molecular complexity index is 1540. The lowest BCUT2D eigenvalue weighted by molar-refractivity contribution is -0.132. The van der Waals surface area contributed by atoms with E-state index in [1.54, 1.807) is 18.2 Å². The summed E-state index contributed by atoms with van der Waals surface area (Å²) < 4.78 is 23.8. The van der Waals surface area contributed by atoms with Gasteiger partial charge in [0.1, 0.15) is 23.0 Å². The molecule has 0 amide bonds. The molecule has 2 aliphatic heterocycles. The van der Waals surface area contributed by atoms with Gasteiger partial charge in [-0.25, -0.2) is 9.59 Å². The third-order valence-electron chi connectivity index (χ3n) is 7.52. The van der Waals surface area contributed by atoms with Crippen LogP contribution in [0.25, 0.3) is 0 Å². The van der Waals surface area contributed by atoms with E-state index in [1.807, 2.05) is 12.1 Å². The second kappa shape index (κ2) is 11.3. The number of hydrogen-bond donors (Lipinski definition) is 1. The normalized spacial score (nSPS) is 13.9. The molecule has 1 N–H and O–H groups in total. The van der Waals surface area contributed by atoms with E-state index in [4.69, 9.17) is 18.9 Å². The van der Waals surface area contributed by atoms with E-state index in [-0.39, 0.29) is 22.6 Å². The highest BCUT2D eigenvalue weighted by atomic mass is 16.6. The summed E-state index contributed by atoms with van der Waals surface area (Å²) in [5.41, 5.74) is 1.59. The molecule has 3 aromatic carbocycles. The van der Waals surface area contributed by atoms with Crippen molar-refractivity contribution in [2.75, 3.05) is 0 Å². The summed E-state index contributed by atoms with van der Waals surface area (Å²) in [6, 6.07) is 11.3. The van der Waals surface area contributed by atoms with Gasteiger partial charge in [-0.15, -0.1) is 0 Å². The first kappa shape index (κ1) is 28.9. The molecule has 9 nitrogen and oxygen atoms in total. The Labute approximate surface area is 243 Å². The summed E-state index contributed by atoms with van der Waals surface area (Å²) in [5, 5.41) is 9.61. The van der Waals surface area contributed by atoms with E-state index in [1.165, 1.54) is 26.0 Å². The molecule has 0 atom stereocenters. The van der Waals surface area contributed by atoms with Crippen LogP contribution in [0, 0.1) is 0 Å². The van der Waals surface area contributed by atoms with Crippen LogP contribution in [0.1, 0.15) is 102 Å². The van der Waals surface area contributed by atoms with Crippen molar-refractivity contribution in [3.05, 3.63) is 81.4 Å². The molecule has 42 heavy (non-hydrogen) atoms. The van der Waals surface area contributed by atoms with Crippen molar-refractivity contribution >= 4 is 23.9 Å².